The molecule has 0 spiro atoms. The minimum atomic E-state index is 0.875. The molecule has 0 aromatic carbocycles. The second-order valence-corrected chi connectivity index (χ2v) is 2.89. The maximum Gasteiger partial charge on any atom is 0.159 e. The van der Waals surface area contributed by atoms with Crippen LogP contribution in [0.15, 0.2) is 6.20 Å². The van der Waals surface area contributed by atoms with Crippen LogP contribution in [0.4, 0.5) is 0 Å². The molecule has 0 unspecified atom stereocenters. The molecule has 0 radical (unpaired) electrons. The third-order valence-electron chi connectivity index (χ3n) is 2.03. The molecule has 4 nitrogen and oxygen atoms in total. The number of methoxy groups -OCH3 is 1. The van der Waals surface area contributed by atoms with E-state index in [1.807, 2.05) is 11.7 Å². The van der Waals surface area contributed by atoms with Crippen molar-refractivity contribution >= 4 is 0 Å². The number of nitrogens with one attached hydrogen (secondary N) is 1. The average Bonchev–Trinajstić information content (AvgIpc) is 2.48. The van der Waals surface area contributed by atoms with Gasteiger partial charge < -0.3 is 10.1 Å². The molecule has 74 valence electrons. The summed E-state index contributed by atoms with van der Waals surface area (Å²) in [5.74, 6) is 0.875. The number of ether oxygens (including phenoxy) is 1. The quantitative estimate of drug-likeness (QED) is 0.679. The first-order valence-corrected chi connectivity index (χ1v) is 4.55. The summed E-state index contributed by atoms with van der Waals surface area (Å²) in [5.41, 5.74) is 1.14. The second-order valence-electron chi connectivity index (χ2n) is 2.89. The first-order chi connectivity index (χ1) is 6.29. The van der Waals surface area contributed by atoms with Crippen molar-refractivity contribution in [1.82, 2.24) is 15.1 Å². The van der Waals surface area contributed by atoms with Crippen LogP contribution in [0.1, 0.15) is 12.6 Å². The fraction of sp³-hybridized carbons (Fsp3) is 0.667. The van der Waals surface area contributed by atoms with Crippen LogP contribution in [0.3, 0.4) is 0 Å². The summed E-state index contributed by atoms with van der Waals surface area (Å²) in [4.78, 5) is 0. The zero-order chi connectivity index (χ0) is 9.68. The van der Waals surface area contributed by atoms with E-state index in [2.05, 4.69) is 17.3 Å². The lowest BCUT2D eigenvalue weighted by molar-refractivity contribution is 0.407. The number of nitrogens with zero attached hydrogens (tertiary/aromatic N) is 2. The molecule has 0 bridgehead atoms. The van der Waals surface area contributed by atoms with Gasteiger partial charge in [-0.1, -0.05) is 6.92 Å². The van der Waals surface area contributed by atoms with Gasteiger partial charge >= 0.3 is 0 Å². The number of rotatable bonds is 5. The van der Waals surface area contributed by atoms with Gasteiger partial charge in [0, 0.05) is 20.0 Å². The number of hydrogen-bond acceptors (Lipinski definition) is 3. The molecule has 0 fully saturated rings. The van der Waals surface area contributed by atoms with Crippen molar-refractivity contribution in [2.75, 3.05) is 20.2 Å². The van der Waals surface area contributed by atoms with Crippen LogP contribution in [0, 0.1) is 0 Å². The van der Waals surface area contributed by atoms with E-state index >= 15 is 0 Å². The first kappa shape index (κ1) is 10.1. The van der Waals surface area contributed by atoms with E-state index in [1.165, 1.54) is 0 Å². The number of hydrogen-bond donors (Lipinski definition) is 1. The van der Waals surface area contributed by atoms with Crippen molar-refractivity contribution in [3.63, 3.8) is 0 Å². The smallest absolute Gasteiger partial charge is 0.159 e. The topological polar surface area (TPSA) is 39.1 Å². The number of aryl methyl sites for hydroxylation is 1. The Morgan fingerprint density at radius 1 is 1.62 bits per heavy atom. The normalized spacial score (nSPS) is 10.4. The van der Waals surface area contributed by atoms with Crippen LogP contribution >= 0.6 is 0 Å². The first-order valence-electron chi connectivity index (χ1n) is 4.55. The molecule has 1 aromatic rings. The summed E-state index contributed by atoms with van der Waals surface area (Å²) in [7, 11) is 3.61. The highest BCUT2D eigenvalue weighted by Crippen LogP contribution is 2.16. The van der Waals surface area contributed by atoms with E-state index < -0.39 is 0 Å². The molecule has 1 heterocycles. The Labute approximate surface area is 78.9 Å². The second kappa shape index (κ2) is 4.87. The van der Waals surface area contributed by atoms with E-state index in [0.717, 1.165) is 31.0 Å². The Morgan fingerprint density at radius 2 is 2.38 bits per heavy atom. The number of likely N-dealkylation sites (N-methyl/N-ethyl adjacent to an activating group) is 1. The average molecular weight is 183 g/mol. The molecular weight excluding hydrogens is 166 g/mol. The van der Waals surface area contributed by atoms with Gasteiger partial charge in [0.05, 0.1) is 19.0 Å². The Balaban J connectivity index is 2.57. The predicted octanol–water partition coefficient (Wildman–Crippen LogP) is 0.581. The summed E-state index contributed by atoms with van der Waals surface area (Å²) in [6, 6.07) is 0. The van der Waals surface area contributed by atoms with E-state index in [9.17, 15) is 0 Å². The predicted molar refractivity (Wildman–Crippen MR) is 52.0 cm³/mol. The summed E-state index contributed by atoms with van der Waals surface area (Å²) in [5, 5.41) is 7.40. The summed E-state index contributed by atoms with van der Waals surface area (Å²) >= 11 is 0. The number of aromatic nitrogens is 2. The van der Waals surface area contributed by atoms with E-state index in [0.29, 0.717) is 0 Å². The molecule has 0 saturated carbocycles. The Kier molecular flexibility index (Phi) is 3.76. The van der Waals surface area contributed by atoms with Crippen LogP contribution in [0.25, 0.3) is 0 Å². The van der Waals surface area contributed by atoms with E-state index in [1.54, 1.807) is 13.3 Å². The highest BCUT2D eigenvalue weighted by Gasteiger charge is 2.07. The van der Waals surface area contributed by atoms with Gasteiger partial charge in [-0.2, -0.15) is 5.10 Å². The Bertz CT molecular complexity index is 257. The van der Waals surface area contributed by atoms with Crippen molar-refractivity contribution in [3.8, 4) is 5.75 Å². The molecule has 1 rings (SSSR count). The van der Waals surface area contributed by atoms with Crippen molar-refractivity contribution < 1.29 is 4.74 Å². The molecule has 0 amide bonds. The van der Waals surface area contributed by atoms with Crippen molar-refractivity contribution in [1.29, 1.82) is 0 Å². The van der Waals surface area contributed by atoms with Crippen LogP contribution in [0.2, 0.25) is 0 Å². The van der Waals surface area contributed by atoms with Gasteiger partial charge in [0.2, 0.25) is 0 Å². The fourth-order valence-electron chi connectivity index (χ4n) is 1.28. The van der Waals surface area contributed by atoms with Gasteiger partial charge in [-0.15, -0.1) is 0 Å². The van der Waals surface area contributed by atoms with Crippen molar-refractivity contribution in [3.05, 3.63) is 11.9 Å². The summed E-state index contributed by atoms with van der Waals surface area (Å²) < 4.78 is 7.04. The monoisotopic (exact) mass is 183 g/mol. The summed E-state index contributed by atoms with van der Waals surface area (Å²) in [6.45, 7) is 4.06. The van der Waals surface area contributed by atoms with E-state index in [-0.39, 0.29) is 0 Å². The van der Waals surface area contributed by atoms with Crippen LogP contribution in [0.5, 0.6) is 5.75 Å². The third-order valence-corrected chi connectivity index (χ3v) is 2.03. The van der Waals surface area contributed by atoms with Crippen LogP contribution in [-0.4, -0.2) is 30.0 Å². The molecule has 1 aromatic heterocycles. The Hall–Kier alpha value is -1.03. The lowest BCUT2D eigenvalue weighted by atomic mass is 10.3. The minimum Gasteiger partial charge on any atom is -0.493 e. The zero-order valence-electron chi connectivity index (χ0n) is 8.50. The van der Waals surface area contributed by atoms with Gasteiger partial charge in [-0.3, -0.25) is 4.68 Å². The molecule has 0 aliphatic rings. The molecule has 1 N–H and O–H groups in total. The highest BCUT2D eigenvalue weighted by atomic mass is 16.5. The van der Waals surface area contributed by atoms with Crippen LogP contribution < -0.4 is 10.1 Å². The van der Waals surface area contributed by atoms with Crippen LogP contribution in [-0.2, 0) is 13.5 Å². The molecular formula is C9H17N3O. The maximum absolute atomic E-state index is 5.19. The van der Waals surface area contributed by atoms with Gasteiger partial charge in [0.15, 0.2) is 5.75 Å². The third kappa shape index (κ3) is 2.45. The lowest BCUT2D eigenvalue weighted by Crippen LogP contribution is -2.17. The van der Waals surface area contributed by atoms with Gasteiger partial charge in [0.1, 0.15) is 0 Å². The fourth-order valence-corrected chi connectivity index (χ4v) is 1.28. The largest absolute Gasteiger partial charge is 0.493 e. The molecule has 0 aliphatic carbocycles. The molecule has 4 heteroatoms. The minimum absolute atomic E-state index is 0.875. The standard InChI is InChI=1S/C9H17N3O/c1-4-10-6-5-8-9(13-3)7-11-12(8)2/h7,10H,4-6H2,1-3H3. The van der Waals surface area contributed by atoms with Crippen molar-refractivity contribution in [2.45, 2.75) is 13.3 Å². The highest BCUT2D eigenvalue weighted by molar-refractivity contribution is 5.25. The van der Waals surface area contributed by atoms with Gasteiger partial charge in [-0.25, -0.2) is 0 Å². The molecule has 13 heavy (non-hydrogen) atoms. The van der Waals surface area contributed by atoms with E-state index in [4.69, 9.17) is 4.74 Å². The Morgan fingerprint density at radius 3 is 3.00 bits per heavy atom. The van der Waals surface area contributed by atoms with Crippen molar-refractivity contribution in [2.24, 2.45) is 7.05 Å². The van der Waals surface area contributed by atoms with Gasteiger partial charge in [0.25, 0.3) is 0 Å². The SMILES string of the molecule is CCNCCc1c(OC)cnn1C. The van der Waals surface area contributed by atoms with Gasteiger partial charge in [-0.05, 0) is 6.54 Å². The maximum atomic E-state index is 5.19. The molecule has 0 aliphatic heterocycles. The lowest BCUT2D eigenvalue weighted by Gasteiger charge is -2.05. The zero-order valence-corrected chi connectivity index (χ0v) is 8.50. The molecule has 0 saturated heterocycles. The summed E-state index contributed by atoms with van der Waals surface area (Å²) in [6.07, 6.45) is 2.70. The molecule has 0 atom stereocenters.